The van der Waals surface area contributed by atoms with Crippen molar-refractivity contribution in [2.75, 3.05) is 0 Å². The highest BCUT2D eigenvalue weighted by Gasteiger charge is 2.22. The molecule has 0 aliphatic rings. The second-order valence-electron chi connectivity index (χ2n) is 5.01. The van der Waals surface area contributed by atoms with Crippen molar-refractivity contribution >= 4 is 17.2 Å². The minimum atomic E-state index is 0.0294. The number of rotatable bonds is 2. The monoisotopic (exact) mass is 225 g/mol. The number of thiophene rings is 1. The predicted octanol–water partition coefficient (Wildman–Crippen LogP) is 3.22. The molecule has 15 heavy (non-hydrogen) atoms. The van der Waals surface area contributed by atoms with Gasteiger partial charge in [-0.2, -0.15) is 0 Å². The maximum atomic E-state index is 11.8. The lowest BCUT2D eigenvalue weighted by molar-refractivity contribution is 0.0910. The Morgan fingerprint density at radius 1 is 1.47 bits per heavy atom. The summed E-state index contributed by atoms with van der Waals surface area (Å²) in [6.45, 7) is 10.4. The summed E-state index contributed by atoms with van der Waals surface area (Å²) in [5.74, 6) is 0.0294. The molecule has 2 nitrogen and oxygen atoms in total. The fourth-order valence-corrected chi connectivity index (χ4v) is 1.74. The second kappa shape index (κ2) is 4.35. The van der Waals surface area contributed by atoms with Crippen molar-refractivity contribution < 1.29 is 4.79 Å². The first-order valence-electron chi connectivity index (χ1n) is 5.16. The molecule has 1 heterocycles. The number of hydrogen-bond acceptors (Lipinski definition) is 2. The smallest absolute Gasteiger partial charge is 0.252 e. The molecule has 1 aromatic heterocycles. The van der Waals surface area contributed by atoms with Gasteiger partial charge in [0, 0.05) is 16.3 Å². The zero-order valence-corrected chi connectivity index (χ0v) is 10.9. The predicted molar refractivity (Wildman–Crippen MR) is 65.4 cm³/mol. The van der Waals surface area contributed by atoms with Crippen LogP contribution in [0.5, 0.6) is 0 Å². The second-order valence-corrected chi connectivity index (χ2v) is 6.12. The maximum absolute atomic E-state index is 11.8. The number of carbonyl (C=O) groups excluding carboxylic acids is 1. The van der Waals surface area contributed by atoms with Crippen molar-refractivity contribution in [1.29, 1.82) is 0 Å². The van der Waals surface area contributed by atoms with E-state index in [4.69, 9.17) is 0 Å². The Balaban J connectivity index is 2.64. The van der Waals surface area contributed by atoms with Crippen molar-refractivity contribution in [1.82, 2.24) is 5.32 Å². The van der Waals surface area contributed by atoms with Crippen LogP contribution in [0.2, 0.25) is 0 Å². The molecule has 0 aliphatic heterocycles. The molecule has 1 N–H and O–H groups in total. The van der Waals surface area contributed by atoms with Crippen LogP contribution in [0.15, 0.2) is 11.4 Å². The molecule has 0 radical (unpaired) electrons. The molecule has 1 aromatic rings. The van der Waals surface area contributed by atoms with Gasteiger partial charge in [-0.25, -0.2) is 0 Å². The van der Waals surface area contributed by atoms with Crippen LogP contribution < -0.4 is 5.32 Å². The fraction of sp³-hybridized carbons (Fsp3) is 0.583. The highest BCUT2D eigenvalue weighted by atomic mass is 32.1. The molecule has 3 heteroatoms. The molecule has 0 spiro atoms. The Morgan fingerprint density at radius 2 is 2.07 bits per heavy atom. The highest BCUT2D eigenvalue weighted by Crippen LogP contribution is 2.19. The minimum absolute atomic E-state index is 0.0294. The van der Waals surface area contributed by atoms with E-state index in [-0.39, 0.29) is 17.4 Å². The first kappa shape index (κ1) is 12.2. The average molecular weight is 225 g/mol. The first-order chi connectivity index (χ1) is 6.80. The van der Waals surface area contributed by atoms with Gasteiger partial charge in [0.05, 0.1) is 5.56 Å². The van der Waals surface area contributed by atoms with Crippen molar-refractivity contribution in [2.24, 2.45) is 5.41 Å². The first-order valence-corrected chi connectivity index (χ1v) is 6.04. The van der Waals surface area contributed by atoms with Crippen molar-refractivity contribution in [3.05, 3.63) is 21.9 Å². The third kappa shape index (κ3) is 3.34. The largest absolute Gasteiger partial charge is 0.349 e. The molecule has 0 fully saturated rings. The van der Waals surface area contributed by atoms with Crippen LogP contribution in [0.25, 0.3) is 0 Å². The van der Waals surface area contributed by atoms with Gasteiger partial charge in [-0.3, -0.25) is 4.79 Å². The maximum Gasteiger partial charge on any atom is 0.252 e. The van der Waals surface area contributed by atoms with E-state index in [1.54, 1.807) is 11.3 Å². The molecule has 1 rings (SSSR count). The Kier molecular flexibility index (Phi) is 3.55. The molecular formula is C12H19NOS. The van der Waals surface area contributed by atoms with E-state index >= 15 is 0 Å². The van der Waals surface area contributed by atoms with Gasteiger partial charge < -0.3 is 5.32 Å². The van der Waals surface area contributed by atoms with Gasteiger partial charge in [0.25, 0.3) is 5.91 Å². The van der Waals surface area contributed by atoms with E-state index in [0.29, 0.717) is 0 Å². The van der Waals surface area contributed by atoms with Crippen molar-refractivity contribution in [3.8, 4) is 0 Å². The van der Waals surface area contributed by atoms with E-state index < -0.39 is 0 Å². The fourth-order valence-electron chi connectivity index (χ4n) is 1.06. The number of carbonyl (C=O) groups is 1. The van der Waals surface area contributed by atoms with Gasteiger partial charge in [0.2, 0.25) is 0 Å². The standard InChI is InChI=1S/C12H19NOS/c1-8-6-10(7-15-8)11(14)13-9(2)12(3,4)5/h6-7,9H,1-5H3,(H,13,14). The SMILES string of the molecule is Cc1cc(C(=O)NC(C)C(C)(C)C)cs1. The summed E-state index contributed by atoms with van der Waals surface area (Å²) in [7, 11) is 0. The van der Waals surface area contributed by atoms with Crippen LogP contribution >= 0.6 is 11.3 Å². The van der Waals surface area contributed by atoms with Gasteiger partial charge in [-0.15, -0.1) is 11.3 Å². The van der Waals surface area contributed by atoms with Crippen molar-refractivity contribution in [3.63, 3.8) is 0 Å². The van der Waals surface area contributed by atoms with E-state index in [0.717, 1.165) is 5.56 Å². The molecule has 0 aromatic carbocycles. The normalized spacial score (nSPS) is 13.7. The average Bonchev–Trinajstić information content (AvgIpc) is 2.50. The van der Waals surface area contributed by atoms with E-state index in [1.807, 2.05) is 25.3 Å². The Morgan fingerprint density at radius 3 is 2.47 bits per heavy atom. The Bertz CT molecular complexity index is 349. The molecule has 0 bridgehead atoms. The van der Waals surface area contributed by atoms with Crippen molar-refractivity contribution in [2.45, 2.75) is 40.7 Å². The van der Waals surface area contributed by atoms with Gasteiger partial charge in [0.15, 0.2) is 0 Å². The molecule has 0 saturated carbocycles. The highest BCUT2D eigenvalue weighted by molar-refractivity contribution is 7.10. The van der Waals surface area contributed by atoms with Crippen LogP contribution in [-0.2, 0) is 0 Å². The molecule has 1 atom stereocenters. The van der Waals surface area contributed by atoms with Gasteiger partial charge in [-0.1, -0.05) is 20.8 Å². The van der Waals surface area contributed by atoms with Crippen LogP contribution in [-0.4, -0.2) is 11.9 Å². The third-order valence-corrected chi connectivity index (χ3v) is 3.50. The van der Waals surface area contributed by atoms with Crippen LogP contribution in [0.4, 0.5) is 0 Å². The lowest BCUT2D eigenvalue weighted by Gasteiger charge is -2.27. The third-order valence-electron chi connectivity index (χ3n) is 2.64. The zero-order chi connectivity index (χ0) is 11.6. The van der Waals surface area contributed by atoms with Crippen LogP contribution in [0.1, 0.15) is 42.9 Å². The minimum Gasteiger partial charge on any atom is -0.349 e. The summed E-state index contributed by atoms with van der Waals surface area (Å²) < 4.78 is 0. The number of nitrogens with one attached hydrogen (secondary N) is 1. The van der Waals surface area contributed by atoms with Crippen LogP contribution in [0, 0.1) is 12.3 Å². The zero-order valence-electron chi connectivity index (χ0n) is 10.0. The summed E-state index contributed by atoms with van der Waals surface area (Å²) in [6, 6.07) is 2.10. The summed E-state index contributed by atoms with van der Waals surface area (Å²) in [4.78, 5) is 13.0. The molecular weight excluding hydrogens is 206 g/mol. The number of aryl methyl sites for hydroxylation is 1. The van der Waals surface area contributed by atoms with Gasteiger partial charge in [-0.05, 0) is 25.3 Å². The number of amides is 1. The lowest BCUT2D eigenvalue weighted by Crippen LogP contribution is -2.41. The summed E-state index contributed by atoms with van der Waals surface area (Å²) in [5, 5.41) is 4.92. The summed E-state index contributed by atoms with van der Waals surface area (Å²) in [6.07, 6.45) is 0. The quantitative estimate of drug-likeness (QED) is 0.822. The molecule has 1 unspecified atom stereocenters. The van der Waals surface area contributed by atoms with Gasteiger partial charge >= 0.3 is 0 Å². The van der Waals surface area contributed by atoms with E-state index in [2.05, 4.69) is 26.1 Å². The number of hydrogen-bond donors (Lipinski definition) is 1. The van der Waals surface area contributed by atoms with Crippen LogP contribution in [0.3, 0.4) is 0 Å². The topological polar surface area (TPSA) is 29.1 Å². The Hall–Kier alpha value is -0.830. The molecule has 1 amide bonds. The molecule has 84 valence electrons. The van der Waals surface area contributed by atoms with E-state index in [1.165, 1.54) is 4.88 Å². The van der Waals surface area contributed by atoms with Gasteiger partial charge in [0.1, 0.15) is 0 Å². The van der Waals surface area contributed by atoms with E-state index in [9.17, 15) is 4.79 Å². The summed E-state index contributed by atoms with van der Waals surface area (Å²) in [5.41, 5.74) is 0.870. The Labute approximate surface area is 95.7 Å². The molecule has 0 saturated heterocycles. The summed E-state index contributed by atoms with van der Waals surface area (Å²) >= 11 is 1.61. The molecule has 0 aliphatic carbocycles. The lowest BCUT2D eigenvalue weighted by atomic mass is 9.88.